The van der Waals surface area contributed by atoms with Crippen LogP contribution in [0.2, 0.25) is 0 Å². The minimum Gasteiger partial charge on any atom is -0.476 e. The third-order valence-electron chi connectivity index (χ3n) is 4.96. The van der Waals surface area contributed by atoms with E-state index in [0.29, 0.717) is 18.2 Å². The van der Waals surface area contributed by atoms with Crippen molar-refractivity contribution in [2.24, 2.45) is 0 Å². The van der Waals surface area contributed by atoms with Crippen molar-refractivity contribution in [1.29, 1.82) is 0 Å². The molecule has 3 aromatic rings. The fourth-order valence-electron chi connectivity index (χ4n) is 3.35. The number of pyridine rings is 1. The van der Waals surface area contributed by atoms with E-state index in [2.05, 4.69) is 14.9 Å². The molecule has 1 N–H and O–H groups in total. The number of rotatable bonds is 5. The van der Waals surface area contributed by atoms with E-state index in [-0.39, 0.29) is 5.91 Å². The van der Waals surface area contributed by atoms with Gasteiger partial charge in [0.2, 0.25) is 5.88 Å². The molecule has 0 saturated carbocycles. The predicted molar refractivity (Wildman–Crippen MR) is 105 cm³/mol. The van der Waals surface area contributed by atoms with Crippen LogP contribution < -0.4 is 4.74 Å². The fraction of sp³-hybridized carbons (Fsp3) is 0.333. The maximum absolute atomic E-state index is 12.7. The van der Waals surface area contributed by atoms with Crippen LogP contribution in [0.4, 0.5) is 0 Å². The van der Waals surface area contributed by atoms with Gasteiger partial charge in [-0.1, -0.05) is 24.3 Å². The fourth-order valence-corrected chi connectivity index (χ4v) is 3.35. The number of carbonyl (C=O) groups excluding carboxylic acids is 1. The molecule has 3 heterocycles. The Hall–Kier alpha value is -2.86. The summed E-state index contributed by atoms with van der Waals surface area (Å²) in [6.07, 6.45) is 1.81. The van der Waals surface area contributed by atoms with Crippen molar-refractivity contribution in [2.75, 3.05) is 39.3 Å². The SMILES string of the molecule is Cc1ccc(OCCN2CCN(C(=O)c3cc4ccccc4[nH]3)CC2)nc1. The van der Waals surface area contributed by atoms with E-state index < -0.39 is 0 Å². The average Bonchev–Trinajstić information content (AvgIpc) is 3.14. The van der Waals surface area contributed by atoms with Gasteiger partial charge in [-0.3, -0.25) is 9.69 Å². The van der Waals surface area contributed by atoms with Crippen LogP contribution in [0.1, 0.15) is 16.1 Å². The Labute approximate surface area is 158 Å². The molecule has 0 bridgehead atoms. The number of piperazine rings is 1. The zero-order valence-electron chi connectivity index (χ0n) is 15.5. The molecule has 2 aromatic heterocycles. The first-order valence-corrected chi connectivity index (χ1v) is 9.34. The second-order valence-electron chi connectivity index (χ2n) is 6.93. The molecule has 6 heteroatoms. The molecule has 1 saturated heterocycles. The van der Waals surface area contributed by atoms with Crippen molar-refractivity contribution >= 4 is 16.8 Å². The van der Waals surface area contributed by atoms with Crippen molar-refractivity contribution in [3.8, 4) is 5.88 Å². The van der Waals surface area contributed by atoms with Gasteiger partial charge in [-0.2, -0.15) is 0 Å². The van der Waals surface area contributed by atoms with Gasteiger partial charge in [0.1, 0.15) is 12.3 Å². The summed E-state index contributed by atoms with van der Waals surface area (Å²) in [5, 5.41) is 1.07. The molecule has 0 aliphatic carbocycles. The summed E-state index contributed by atoms with van der Waals surface area (Å²) in [6, 6.07) is 13.8. The molecule has 0 unspecified atom stereocenters. The summed E-state index contributed by atoms with van der Waals surface area (Å²) >= 11 is 0. The first kappa shape index (κ1) is 17.5. The number of fused-ring (bicyclic) bond motifs is 1. The van der Waals surface area contributed by atoms with Gasteiger partial charge in [-0.25, -0.2) is 4.98 Å². The highest BCUT2D eigenvalue weighted by Crippen LogP contribution is 2.17. The number of amides is 1. The molecular formula is C21H24N4O2. The molecule has 1 aliphatic rings. The Kier molecular flexibility index (Phi) is 5.07. The molecule has 1 aliphatic heterocycles. The zero-order valence-corrected chi connectivity index (χ0v) is 15.5. The molecule has 6 nitrogen and oxygen atoms in total. The van der Waals surface area contributed by atoms with E-state index in [1.807, 2.05) is 60.5 Å². The number of aromatic nitrogens is 2. The second kappa shape index (κ2) is 7.80. The number of hydrogen-bond acceptors (Lipinski definition) is 4. The van der Waals surface area contributed by atoms with Crippen LogP contribution in [0.3, 0.4) is 0 Å². The number of ether oxygens (including phenoxy) is 1. The Balaban J connectivity index is 1.25. The highest BCUT2D eigenvalue weighted by Gasteiger charge is 2.23. The molecule has 4 rings (SSSR count). The zero-order chi connectivity index (χ0) is 18.6. The van der Waals surface area contributed by atoms with Crippen LogP contribution >= 0.6 is 0 Å². The molecule has 0 spiro atoms. The minimum atomic E-state index is 0.0750. The van der Waals surface area contributed by atoms with Crippen molar-refractivity contribution in [1.82, 2.24) is 19.8 Å². The highest BCUT2D eigenvalue weighted by atomic mass is 16.5. The van der Waals surface area contributed by atoms with E-state index >= 15 is 0 Å². The molecule has 1 amide bonds. The van der Waals surface area contributed by atoms with E-state index in [0.717, 1.165) is 49.2 Å². The number of nitrogens with one attached hydrogen (secondary N) is 1. The van der Waals surface area contributed by atoms with Gasteiger partial charge in [0, 0.05) is 55.9 Å². The number of benzene rings is 1. The number of aryl methyl sites for hydroxylation is 1. The van der Waals surface area contributed by atoms with Gasteiger partial charge >= 0.3 is 0 Å². The molecule has 0 radical (unpaired) electrons. The molecule has 1 aromatic carbocycles. The smallest absolute Gasteiger partial charge is 0.270 e. The third-order valence-corrected chi connectivity index (χ3v) is 4.96. The van der Waals surface area contributed by atoms with Crippen molar-refractivity contribution in [3.05, 3.63) is 59.9 Å². The first-order valence-electron chi connectivity index (χ1n) is 9.34. The summed E-state index contributed by atoms with van der Waals surface area (Å²) in [7, 11) is 0. The lowest BCUT2D eigenvalue weighted by Gasteiger charge is -2.34. The first-order chi connectivity index (χ1) is 13.2. The van der Waals surface area contributed by atoms with E-state index in [1.54, 1.807) is 0 Å². The lowest BCUT2D eigenvalue weighted by Crippen LogP contribution is -2.49. The second-order valence-corrected chi connectivity index (χ2v) is 6.93. The topological polar surface area (TPSA) is 61.5 Å². The van der Waals surface area contributed by atoms with Crippen LogP contribution in [0.15, 0.2) is 48.7 Å². The largest absolute Gasteiger partial charge is 0.476 e. The predicted octanol–water partition coefficient (Wildman–Crippen LogP) is 2.71. The summed E-state index contributed by atoms with van der Waals surface area (Å²) < 4.78 is 5.70. The number of para-hydroxylation sites is 1. The van der Waals surface area contributed by atoms with Gasteiger partial charge in [0.25, 0.3) is 5.91 Å². The third kappa shape index (κ3) is 4.11. The Morgan fingerprint density at radius 3 is 2.70 bits per heavy atom. The normalized spacial score (nSPS) is 15.2. The van der Waals surface area contributed by atoms with Gasteiger partial charge in [0.15, 0.2) is 0 Å². The van der Waals surface area contributed by atoms with Crippen LogP contribution in [0.5, 0.6) is 5.88 Å². The van der Waals surface area contributed by atoms with Gasteiger partial charge in [-0.05, 0) is 24.6 Å². The number of nitrogens with zero attached hydrogens (tertiary/aromatic N) is 3. The molecule has 1 fully saturated rings. The molecule has 140 valence electrons. The van der Waals surface area contributed by atoms with Gasteiger partial charge in [-0.15, -0.1) is 0 Å². The maximum Gasteiger partial charge on any atom is 0.270 e. The molecule has 27 heavy (non-hydrogen) atoms. The van der Waals surface area contributed by atoms with Gasteiger partial charge in [0.05, 0.1) is 0 Å². The van der Waals surface area contributed by atoms with Crippen molar-refractivity contribution < 1.29 is 9.53 Å². The quantitative estimate of drug-likeness (QED) is 0.756. The number of H-pyrrole nitrogens is 1. The van der Waals surface area contributed by atoms with E-state index in [9.17, 15) is 4.79 Å². The Morgan fingerprint density at radius 1 is 1.15 bits per heavy atom. The summed E-state index contributed by atoms with van der Waals surface area (Å²) in [5.41, 5.74) is 2.79. The van der Waals surface area contributed by atoms with Crippen molar-refractivity contribution in [3.63, 3.8) is 0 Å². The molecule has 0 atom stereocenters. The Bertz CT molecular complexity index is 878. The summed E-state index contributed by atoms with van der Waals surface area (Å²) in [5.74, 6) is 0.735. The standard InChI is InChI=1S/C21H24N4O2/c1-16-6-7-20(22-15-16)27-13-12-24-8-10-25(11-9-24)21(26)19-14-17-4-2-3-5-18(17)23-19/h2-7,14-15,23H,8-13H2,1H3. The van der Waals surface area contributed by atoms with Crippen LogP contribution in [0.25, 0.3) is 10.9 Å². The average molecular weight is 364 g/mol. The monoisotopic (exact) mass is 364 g/mol. The highest BCUT2D eigenvalue weighted by molar-refractivity contribution is 5.98. The summed E-state index contributed by atoms with van der Waals surface area (Å²) in [6.45, 7) is 6.63. The Morgan fingerprint density at radius 2 is 1.96 bits per heavy atom. The number of carbonyl (C=O) groups is 1. The number of hydrogen-bond donors (Lipinski definition) is 1. The van der Waals surface area contributed by atoms with Crippen LogP contribution in [-0.2, 0) is 0 Å². The number of aromatic amines is 1. The van der Waals surface area contributed by atoms with E-state index in [4.69, 9.17) is 4.74 Å². The maximum atomic E-state index is 12.7. The van der Waals surface area contributed by atoms with E-state index in [1.165, 1.54) is 0 Å². The lowest BCUT2D eigenvalue weighted by molar-refractivity contribution is 0.0614. The lowest BCUT2D eigenvalue weighted by atomic mass is 10.2. The molecular weight excluding hydrogens is 340 g/mol. The van der Waals surface area contributed by atoms with Gasteiger partial charge < -0.3 is 14.6 Å². The van der Waals surface area contributed by atoms with Crippen LogP contribution in [0, 0.1) is 6.92 Å². The minimum absolute atomic E-state index is 0.0750. The van der Waals surface area contributed by atoms with Crippen molar-refractivity contribution in [2.45, 2.75) is 6.92 Å². The summed E-state index contributed by atoms with van der Waals surface area (Å²) in [4.78, 5) is 24.5. The van der Waals surface area contributed by atoms with Crippen LogP contribution in [-0.4, -0.2) is 65.0 Å².